The Morgan fingerprint density at radius 2 is 2.33 bits per heavy atom. The molecule has 1 aliphatic carbocycles. The monoisotopic (exact) mass is 294 g/mol. The van der Waals surface area contributed by atoms with Crippen LogP contribution < -0.4 is 4.74 Å². The van der Waals surface area contributed by atoms with Crippen LogP contribution in [0.25, 0.3) is 0 Å². The Labute approximate surface area is 122 Å². The molecule has 0 radical (unpaired) electrons. The summed E-state index contributed by atoms with van der Waals surface area (Å²) in [6, 6.07) is 1.13. The van der Waals surface area contributed by atoms with Gasteiger partial charge in [-0.25, -0.2) is 9.78 Å². The van der Waals surface area contributed by atoms with Gasteiger partial charge in [0.1, 0.15) is 17.9 Å². The summed E-state index contributed by atoms with van der Waals surface area (Å²) in [5, 5.41) is 19.8. The van der Waals surface area contributed by atoms with Gasteiger partial charge >= 0.3 is 11.7 Å². The Hall–Kier alpha value is -2.18. The summed E-state index contributed by atoms with van der Waals surface area (Å²) in [4.78, 5) is 25.0. The zero-order valence-electron chi connectivity index (χ0n) is 11.8. The van der Waals surface area contributed by atoms with E-state index < -0.39 is 22.1 Å². The van der Waals surface area contributed by atoms with Gasteiger partial charge in [0.2, 0.25) is 5.88 Å². The number of aromatic carboxylic acids is 1. The maximum Gasteiger partial charge on any atom is 0.342 e. The van der Waals surface area contributed by atoms with Gasteiger partial charge in [-0.1, -0.05) is 19.8 Å². The second-order valence-electron chi connectivity index (χ2n) is 5.28. The maximum absolute atomic E-state index is 11.1. The summed E-state index contributed by atoms with van der Waals surface area (Å²) in [6.45, 7) is 2.14. The molecule has 1 aliphatic rings. The van der Waals surface area contributed by atoms with Crippen molar-refractivity contribution >= 4 is 11.7 Å². The molecule has 1 heterocycles. The molecular formula is C14H18N2O5. The van der Waals surface area contributed by atoms with Crippen molar-refractivity contribution in [1.29, 1.82) is 0 Å². The highest BCUT2D eigenvalue weighted by molar-refractivity contribution is 5.92. The molecule has 2 rings (SSSR count). The molecule has 1 aromatic heterocycles. The average Bonchev–Trinajstić information content (AvgIpc) is 2.47. The Balaban J connectivity index is 2.15. The first kappa shape index (κ1) is 15.2. The molecule has 0 aliphatic heterocycles. The molecule has 1 N–H and O–H groups in total. The van der Waals surface area contributed by atoms with Crippen LogP contribution in [0, 0.1) is 16.0 Å². The van der Waals surface area contributed by atoms with E-state index >= 15 is 0 Å². The second kappa shape index (κ2) is 6.51. The number of aromatic nitrogens is 1. The fraction of sp³-hybridized carbons (Fsp3) is 0.571. The average molecular weight is 294 g/mol. The quantitative estimate of drug-likeness (QED) is 0.661. The van der Waals surface area contributed by atoms with Crippen LogP contribution in [-0.4, -0.2) is 27.1 Å². The number of carboxylic acid groups (broad SMARTS) is 1. The Morgan fingerprint density at radius 1 is 1.57 bits per heavy atom. The summed E-state index contributed by atoms with van der Waals surface area (Å²) in [7, 11) is 0. The Kier molecular flexibility index (Phi) is 4.72. The third-order valence-corrected chi connectivity index (χ3v) is 3.88. The summed E-state index contributed by atoms with van der Waals surface area (Å²) in [5.74, 6) is -0.607. The fourth-order valence-electron chi connectivity index (χ4n) is 2.70. The fourth-order valence-corrected chi connectivity index (χ4v) is 2.70. The molecule has 1 aromatic rings. The van der Waals surface area contributed by atoms with E-state index in [2.05, 4.69) is 11.9 Å². The largest absolute Gasteiger partial charge is 0.477 e. The van der Waals surface area contributed by atoms with E-state index in [0.717, 1.165) is 37.9 Å². The lowest BCUT2D eigenvalue weighted by atomic mass is 9.85. The molecule has 21 heavy (non-hydrogen) atoms. The van der Waals surface area contributed by atoms with Gasteiger partial charge in [0.15, 0.2) is 0 Å². The van der Waals surface area contributed by atoms with Crippen molar-refractivity contribution in [2.75, 3.05) is 0 Å². The number of rotatable bonds is 5. The highest BCUT2D eigenvalue weighted by Crippen LogP contribution is 2.30. The summed E-state index contributed by atoms with van der Waals surface area (Å²) >= 11 is 0. The minimum Gasteiger partial charge on any atom is -0.477 e. The van der Waals surface area contributed by atoms with Crippen molar-refractivity contribution in [2.45, 2.75) is 45.1 Å². The SMILES string of the molecule is CCC1CCCC(Oc2cc(C(=O)O)c([N+](=O)[O-])cn2)C1. The molecular weight excluding hydrogens is 276 g/mol. The molecule has 2 unspecified atom stereocenters. The van der Waals surface area contributed by atoms with Crippen LogP contribution in [0.1, 0.15) is 49.4 Å². The molecule has 0 aromatic carbocycles. The zero-order valence-corrected chi connectivity index (χ0v) is 11.8. The van der Waals surface area contributed by atoms with Crippen LogP contribution in [0.5, 0.6) is 5.88 Å². The molecule has 1 saturated carbocycles. The molecule has 0 spiro atoms. The first-order valence-electron chi connectivity index (χ1n) is 7.05. The number of pyridine rings is 1. The molecule has 0 bridgehead atoms. The van der Waals surface area contributed by atoms with Gasteiger partial charge in [0, 0.05) is 6.07 Å². The standard InChI is InChI=1S/C14H18N2O5/c1-2-9-4-3-5-10(6-9)21-13-7-11(14(17)18)12(8-15-13)16(19)20/h7-10H,2-6H2,1H3,(H,17,18). The third kappa shape index (κ3) is 3.68. The number of carboxylic acids is 1. The van der Waals surface area contributed by atoms with E-state index in [9.17, 15) is 14.9 Å². The van der Waals surface area contributed by atoms with Gasteiger partial charge in [-0.2, -0.15) is 0 Å². The Morgan fingerprint density at radius 3 is 2.95 bits per heavy atom. The Bertz CT molecular complexity index is 546. The summed E-state index contributed by atoms with van der Waals surface area (Å²) < 4.78 is 5.72. The van der Waals surface area contributed by atoms with Gasteiger partial charge < -0.3 is 9.84 Å². The topological polar surface area (TPSA) is 103 Å². The van der Waals surface area contributed by atoms with Crippen LogP contribution >= 0.6 is 0 Å². The highest BCUT2D eigenvalue weighted by Gasteiger charge is 2.25. The first-order valence-corrected chi connectivity index (χ1v) is 7.05. The van der Waals surface area contributed by atoms with Gasteiger partial charge in [0.05, 0.1) is 4.92 Å². The van der Waals surface area contributed by atoms with Crippen LogP contribution in [0.15, 0.2) is 12.3 Å². The lowest BCUT2D eigenvalue weighted by Gasteiger charge is -2.28. The lowest BCUT2D eigenvalue weighted by molar-refractivity contribution is -0.385. The minimum atomic E-state index is -1.36. The van der Waals surface area contributed by atoms with Gasteiger partial charge in [-0.15, -0.1) is 0 Å². The highest BCUT2D eigenvalue weighted by atomic mass is 16.6. The third-order valence-electron chi connectivity index (χ3n) is 3.88. The van der Waals surface area contributed by atoms with Crippen LogP contribution in [0.3, 0.4) is 0 Å². The number of hydrogen-bond acceptors (Lipinski definition) is 5. The number of carbonyl (C=O) groups is 1. The maximum atomic E-state index is 11.1. The van der Waals surface area contributed by atoms with E-state index in [0.29, 0.717) is 5.92 Å². The minimum absolute atomic E-state index is 0.000647. The zero-order chi connectivity index (χ0) is 15.4. The molecule has 114 valence electrons. The lowest BCUT2D eigenvalue weighted by Crippen LogP contribution is -2.25. The number of ether oxygens (including phenoxy) is 1. The van der Waals surface area contributed by atoms with Crippen molar-refractivity contribution in [1.82, 2.24) is 4.98 Å². The van der Waals surface area contributed by atoms with Crippen LogP contribution in [-0.2, 0) is 0 Å². The van der Waals surface area contributed by atoms with Gasteiger partial charge in [-0.3, -0.25) is 10.1 Å². The van der Waals surface area contributed by atoms with Crippen molar-refractivity contribution in [2.24, 2.45) is 5.92 Å². The first-order chi connectivity index (χ1) is 10.0. The van der Waals surface area contributed by atoms with Crippen molar-refractivity contribution in [3.63, 3.8) is 0 Å². The number of hydrogen-bond donors (Lipinski definition) is 1. The van der Waals surface area contributed by atoms with E-state index in [4.69, 9.17) is 9.84 Å². The van der Waals surface area contributed by atoms with Gasteiger partial charge in [-0.05, 0) is 25.2 Å². The molecule has 0 amide bonds. The van der Waals surface area contributed by atoms with E-state index in [-0.39, 0.29) is 12.0 Å². The van der Waals surface area contributed by atoms with Crippen molar-refractivity contribution < 1.29 is 19.6 Å². The predicted octanol–water partition coefficient (Wildman–Crippen LogP) is 3.04. The smallest absolute Gasteiger partial charge is 0.342 e. The molecule has 1 fully saturated rings. The molecule has 7 heteroatoms. The molecule has 7 nitrogen and oxygen atoms in total. The number of nitrogens with zero attached hydrogens (tertiary/aromatic N) is 2. The van der Waals surface area contributed by atoms with Crippen LogP contribution in [0.4, 0.5) is 5.69 Å². The summed E-state index contributed by atoms with van der Waals surface area (Å²) in [5.41, 5.74) is -0.919. The van der Waals surface area contributed by atoms with Crippen molar-refractivity contribution in [3.05, 3.63) is 27.9 Å². The normalized spacial score (nSPS) is 21.8. The van der Waals surface area contributed by atoms with E-state index in [1.165, 1.54) is 6.42 Å². The van der Waals surface area contributed by atoms with Gasteiger partial charge in [0.25, 0.3) is 0 Å². The molecule has 0 saturated heterocycles. The molecule has 2 atom stereocenters. The second-order valence-corrected chi connectivity index (χ2v) is 5.28. The van der Waals surface area contributed by atoms with E-state index in [1.807, 2.05) is 0 Å². The summed E-state index contributed by atoms with van der Waals surface area (Å²) in [6.07, 6.45) is 6.10. The number of nitro groups is 1. The van der Waals surface area contributed by atoms with Crippen LogP contribution in [0.2, 0.25) is 0 Å². The van der Waals surface area contributed by atoms with E-state index in [1.54, 1.807) is 0 Å². The predicted molar refractivity (Wildman–Crippen MR) is 74.5 cm³/mol. The van der Waals surface area contributed by atoms with Crippen molar-refractivity contribution in [3.8, 4) is 5.88 Å².